The average Bonchev–Trinajstić information content (AvgIpc) is 2.82. The predicted octanol–water partition coefficient (Wildman–Crippen LogP) is 1.09. The molecule has 0 aromatic carbocycles. The van der Waals surface area contributed by atoms with Crippen molar-refractivity contribution in [1.29, 1.82) is 0 Å². The molecule has 1 atom stereocenters. The minimum Gasteiger partial charge on any atom is -0.542 e. The smallest absolute Gasteiger partial charge is 0.430 e. The molecule has 0 saturated heterocycles. The summed E-state index contributed by atoms with van der Waals surface area (Å²) in [6.07, 6.45) is -5.27. The number of likely N-dealkylation sites (N-methyl/N-ethyl adjacent to an activating group) is 1. The summed E-state index contributed by atoms with van der Waals surface area (Å²) >= 11 is 4.62. The molecule has 1 aromatic heterocycles. The van der Waals surface area contributed by atoms with Crippen LogP contribution in [0.3, 0.4) is 0 Å². The van der Waals surface area contributed by atoms with Gasteiger partial charge in [-0.05, 0) is 28.1 Å². The molecule has 0 unspecified atom stereocenters. The summed E-state index contributed by atoms with van der Waals surface area (Å²) in [5.74, 6) is -4.14. The predicted molar refractivity (Wildman–Crippen MR) is 89.5 cm³/mol. The maximum Gasteiger partial charge on any atom is 0.430 e. The third-order valence-corrected chi connectivity index (χ3v) is 4.18. The highest BCUT2D eigenvalue weighted by Crippen LogP contribution is 2.22. The number of nitrogens with zero attached hydrogens (tertiary/aromatic N) is 1. The number of halogens is 4. The van der Waals surface area contributed by atoms with Gasteiger partial charge in [-0.25, -0.2) is 0 Å². The first-order chi connectivity index (χ1) is 11.6. The van der Waals surface area contributed by atoms with Crippen molar-refractivity contribution in [3.63, 3.8) is 0 Å². The number of quaternary nitrogens is 1. The first-order valence-electron chi connectivity index (χ1n) is 6.98. The number of hydrogen-bond donors (Lipinski definition) is 2. The Morgan fingerprint density at radius 2 is 1.81 bits per heavy atom. The summed E-state index contributed by atoms with van der Waals surface area (Å²) in [6, 6.07) is 3.13. The summed E-state index contributed by atoms with van der Waals surface area (Å²) < 4.78 is 33.0. The minimum absolute atomic E-state index is 0.0756. The lowest BCUT2D eigenvalue weighted by Crippen LogP contribution is -2.49. The van der Waals surface area contributed by atoms with E-state index >= 15 is 0 Å². The molecule has 148 valence electrons. The van der Waals surface area contributed by atoms with Gasteiger partial charge >= 0.3 is 12.1 Å². The number of hydrogen-bond acceptors (Lipinski definition) is 5. The fourth-order valence-corrected chi connectivity index (χ4v) is 3.02. The second kappa shape index (κ2) is 9.88. The Balaban J connectivity index is 0.000000758. The Kier molecular flexibility index (Phi) is 9.25. The highest BCUT2D eigenvalue weighted by atomic mass is 79.9. The van der Waals surface area contributed by atoms with Gasteiger partial charge in [-0.1, -0.05) is 0 Å². The summed E-state index contributed by atoms with van der Waals surface area (Å²) in [6.45, 7) is 0.560. The van der Waals surface area contributed by atoms with Crippen LogP contribution in [0.4, 0.5) is 13.2 Å². The van der Waals surface area contributed by atoms with E-state index in [9.17, 15) is 22.8 Å². The highest BCUT2D eigenvalue weighted by Gasteiger charge is 2.28. The van der Waals surface area contributed by atoms with Crippen LogP contribution in [0.2, 0.25) is 0 Å². The molecule has 0 aliphatic carbocycles. The Hall–Kier alpha value is -1.66. The molecule has 0 saturated carbocycles. The van der Waals surface area contributed by atoms with Crippen molar-refractivity contribution in [2.45, 2.75) is 18.6 Å². The molecule has 1 amide bonds. The Morgan fingerprint density at radius 1 is 1.31 bits per heavy atom. The molecule has 0 spiro atoms. The topological polar surface area (TPSA) is 107 Å². The van der Waals surface area contributed by atoms with Gasteiger partial charge in [0, 0.05) is 0 Å². The van der Waals surface area contributed by atoms with Crippen molar-refractivity contribution < 1.29 is 42.3 Å². The van der Waals surface area contributed by atoms with Crippen LogP contribution in [0.15, 0.2) is 15.9 Å². The van der Waals surface area contributed by atoms with Gasteiger partial charge < -0.3 is 24.8 Å². The van der Waals surface area contributed by atoms with Crippen LogP contribution in [-0.2, 0) is 9.59 Å². The SMILES string of the molecule is C[N+](C)(C)C[C@@H](CC(=O)O)NC(=O)c1ccc(Br)s1.O=C([O-])C(F)(F)F. The minimum atomic E-state index is -5.19. The van der Waals surface area contributed by atoms with Gasteiger partial charge in [0.05, 0.1) is 48.8 Å². The van der Waals surface area contributed by atoms with E-state index in [1.54, 1.807) is 12.1 Å². The number of carboxylic acid groups (broad SMARTS) is 2. The molecule has 1 heterocycles. The molecule has 2 N–H and O–H groups in total. The van der Waals surface area contributed by atoms with Gasteiger partial charge in [-0.3, -0.25) is 9.59 Å². The second-order valence-corrected chi connectivity index (χ2v) is 8.59. The summed E-state index contributed by atoms with van der Waals surface area (Å²) in [5, 5.41) is 20.5. The van der Waals surface area contributed by atoms with E-state index in [2.05, 4.69) is 21.2 Å². The van der Waals surface area contributed by atoms with Crippen molar-refractivity contribution in [1.82, 2.24) is 5.32 Å². The van der Waals surface area contributed by atoms with Crippen LogP contribution in [-0.4, -0.2) is 67.3 Å². The van der Waals surface area contributed by atoms with Gasteiger partial charge in [-0.15, -0.1) is 11.3 Å². The fourth-order valence-electron chi connectivity index (χ4n) is 1.73. The number of nitrogens with one attached hydrogen (secondary N) is 1. The fraction of sp³-hybridized carbons (Fsp3) is 0.500. The third-order valence-electron chi connectivity index (χ3n) is 2.55. The molecule has 0 aliphatic heterocycles. The number of alkyl halides is 3. The van der Waals surface area contributed by atoms with Crippen molar-refractivity contribution in [2.75, 3.05) is 27.7 Å². The normalized spacial score (nSPS) is 12.6. The van der Waals surface area contributed by atoms with Gasteiger partial charge in [0.25, 0.3) is 5.91 Å². The molecule has 0 radical (unpaired) electrons. The standard InChI is InChI=1S/C12H17BrN2O3S.C2HF3O2/c1-15(2,3)7-8(6-11(16)17)14-12(18)9-4-5-10(13)19-9;3-2(4,5)1(6)7/h4-5,8H,6-7H2,1-3H3,(H-,14,16,17,18);(H,6,7)/t8-;/m1./s1. The summed E-state index contributed by atoms with van der Waals surface area (Å²) in [5.41, 5.74) is 0. The molecule has 1 rings (SSSR count). The van der Waals surface area contributed by atoms with E-state index in [0.717, 1.165) is 3.79 Å². The molecule has 26 heavy (non-hydrogen) atoms. The molecule has 0 bridgehead atoms. The largest absolute Gasteiger partial charge is 0.542 e. The lowest BCUT2D eigenvalue weighted by atomic mass is 10.2. The van der Waals surface area contributed by atoms with Crippen molar-refractivity contribution in [2.24, 2.45) is 0 Å². The number of aliphatic carboxylic acids is 2. The lowest BCUT2D eigenvalue weighted by molar-refractivity contribution is -0.871. The van der Waals surface area contributed by atoms with Crippen molar-refractivity contribution in [3.8, 4) is 0 Å². The maximum atomic E-state index is 12.0. The number of amides is 1. The van der Waals surface area contributed by atoms with E-state index in [0.29, 0.717) is 15.9 Å². The Bertz CT molecular complexity index is 643. The monoisotopic (exact) mass is 462 g/mol. The third kappa shape index (κ3) is 11.1. The van der Waals surface area contributed by atoms with E-state index in [1.807, 2.05) is 21.1 Å². The molecular formula is C14H18BrF3N2O5S. The quantitative estimate of drug-likeness (QED) is 0.615. The second-order valence-electron chi connectivity index (χ2n) is 6.13. The van der Waals surface area contributed by atoms with Crippen LogP contribution < -0.4 is 10.4 Å². The average molecular weight is 463 g/mol. The maximum absolute atomic E-state index is 12.0. The first kappa shape index (κ1) is 24.3. The number of carboxylic acids is 2. The molecule has 7 nitrogen and oxygen atoms in total. The lowest BCUT2D eigenvalue weighted by Gasteiger charge is -2.29. The van der Waals surface area contributed by atoms with Crippen LogP contribution in [0, 0.1) is 0 Å². The summed E-state index contributed by atoms with van der Waals surface area (Å²) in [4.78, 5) is 32.2. The van der Waals surface area contributed by atoms with Gasteiger partial charge in [0.1, 0.15) is 5.97 Å². The van der Waals surface area contributed by atoms with Crippen LogP contribution in [0.25, 0.3) is 0 Å². The summed E-state index contributed by atoms with van der Waals surface area (Å²) in [7, 11) is 5.88. The zero-order valence-electron chi connectivity index (χ0n) is 14.1. The zero-order valence-corrected chi connectivity index (χ0v) is 16.5. The molecule has 1 aromatic rings. The first-order valence-corrected chi connectivity index (χ1v) is 8.59. The Morgan fingerprint density at radius 3 is 2.12 bits per heavy atom. The Labute approximate surface area is 160 Å². The number of thiophene rings is 1. The number of carbonyl (C=O) groups excluding carboxylic acids is 2. The molecule has 0 fully saturated rings. The number of rotatable bonds is 6. The van der Waals surface area contributed by atoms with Gasteiger partial charge in [-0.2, -0.15) is 13.2 Å². The van der Waals surface area contributed by atoms with E-state index in [1.165, 1.54) is 11.3 Å². The van der Waals surface area contributed by atoms with Gasteiger partial charge in [0.2, 0.25) is 0 Å². The van der Waals surface area contributed by atoms with Crippen LogP contribution in [0.5, 0.6) is 0 Å². The molecule has 0 aliphatic rings. The zero-order chi connectivity index (χ0) is 20.7. The van der Waals surface area contributed by atoms with Gasteiger partial charge in [0.15, 0.2) is 0 Å². The van der Waals surface area contributed by atoms with Crippen molar-refractivity contribution >= 4 is 45.1 Å². The molecule has 12 heteroatoms. The van der Waals surface area contributed by atoms with Crippen LogP contribution in [0.1, 0.15) is 16.1 Å². The van der Waals surface area contributed by atoms with Crippen molar-refractivity contribution in [3.05, 3.63) is 20.8 Å². The highest BCUT2D eigenvalue weighted by molar-refractivity contribution is 9.11. The molecular weight excluding hydrogens is 445 g/mol. The van der Waals surface area contributed by atoms with Crippen LogP contribution >= 0.6 is 27.3 Å². The van der Waals surface area contributed by atoms with E-state index in [-0.39, 0.29) is 18.4 Å². The number of carbonyl (C=O) groups is 3. The van der Waals surface area contributed by atoms with E-state index < -0.39 is 18.1 Å². The van der Waals surface area contributed by atoms with E-state index in [4.69, 9.17) is 15.0 Å².